The molecule has 0 saturated carbocycles. The normalized spacial score (nSPS) is 10.7. The Balaban J connectivity index is 0.00000645. The van der Waals surface area contributed by atoms with Gasteiger partial charge in [0.25, 0.3) is 0 Å². The summed E-state index contributed by atoms with van der Waals surface area (Å²) in [5.41, 5.74) is 5.15. The van der Waals surface area contributed by atoms with Gasteiger partial charge in [0.05, 0.1) is 25.1 Å². The Bertz CT molecular complexity index is 1190. The van der Waals surface area contributed by atoms with Gasteiger partial charge in [0, 0.05) is 18.3 Å². The number of nitrogens with zero attached hydrogens (tertiary/aromatic N) is 2. The van der Waals surface area contributed by atoms with Crippen LogP contribution in [0.5, 0.6) is 11.5 Å². The molecular formula is C35H52BrN3O3S. The molecule has 0 fully saturated rings. The third-order valence-corrected chi connectivity index (χ3v) is 8.47. The second kappa shape index (κ2) is 21.2. The number of nitrogens with one attached hydrogen (secondary N) is 1. The number of urea groups is 1. The van der Waals surface area contributed by atoms with Gasteiger partial charge in [-0.05, 0) is 43.2 Å². The molecule has 2 aromatic carbocycles. The molecule has 1 aromatic heterocycles. The van der Waals surface area contributed by atoms with Gasteiger partial charge >= 0.3 is 6.03 Å². The molecule has 6 nitrogen and oxygen atoms in total. The average Bonchev–Trinajstić information content (AvgIpc) is 3.42. The van der Waals surface area contributed by atoms with Crippen LogP contribution in [0.1, 0.15) is 100.0 Å². The Hall–Kier alpha value is -2.58. The smallest absolute Gasteiger partial charge is 0.321 e. The number of thiazole rings is 1. The number of unbranched alkanes of at least 4 members (excludes halogenated alkanes) is 11. The van der Waals surface area contributed by atoms with Crippen LogP contribution in [0.4, 0.5) is 10.5 Å². The summed E-state index contributed by atoms with van der Waals surface area (Å²) >= 11 is 1.74. The summed E-state index contributed by atoms with van der Waals surface area (Å²) in [4.78, 5) is 15.9. The molecule has 0 spiro atoms. The first-order chi connectivity index (χ1) is 20.5. The number of methoxy groups -OCH3 is 1. The number of rotatable bonds is 20. The van der Waals surface area contributed by atoms with E-state index in [2.05, 4.69) is 47.6 Å². The Morgan fingerprint density at radius 1 is 0.860 bits per heavy atom. The molecule has 0 atom stereocenters. The highest BCUT2D eigenvalue weighted by Crippen LogP contribution is 2.30. The molecule has 1 N–H and O–H groups in total. The fourth-order valence-electron chi connectivity index (χ4n) is 5.18. The summed E-state index contributed by atoms with van der Waals surface area (Å²) in [6.07, 6.45) is 18.0. The Morgan fingerprint density at radius 2 is 1.47 bits per heavy atom. The van der Waals surface area contributed by atoms with Crippen molar-refractivity contribution in [1.82, 2.24) is 5.32 Å². The number of ether oxygens (including phenoxy) is 2. The summed E-state index contributed by atoms with van der Waals surface area (Å²) in [7, 11) is 3.33. The lowest BCUT2D eigenvalue weighted by Crippen LogP contribution is -3.00. The number of carbonyl (C=O) groups is 1. The number of hydrogen-bond acceptors (Lipinski definition) is 4. The fraction of sp³-hybridized carbons (Fsp3) is 0.543. The predicted molar refractivity (Wildman–Crippen MR) is 175 cm³/mol. The van der Waals surface area contributed by atoms with Gasteiger partial charge in [-0.25, -0.2) is 4.79 Å². The minimum atomic E-state index is -0.152. The zero-order chi connectivity index (χ0) is 30.0. The molecule has 43 heavy (non-hydrogen) atoms. The maximum absolute atomic E-state index is 12.9. The highest BCUT2D eigenvalue weighted by Gasteiger charge is 2.17. The van der Waals surface area contributed by atoms with Crippen LogP contribution in [0.25, 0.3) is 0 Å². The van der Waals surface area contributed by atoms with Crippen LogP contribution in [-0.2, 0) is 13.1 Å². The number of aromatic nitrogens is 1. The van der Waals surface area contributed by atoms with Crippen LogP contribution in [0.3, 0.4) is 0 Å². The van der Waals surface area contributed by atoms with Crippen LogP contribution in [0.2, 0.25) is 0 Å². The summed E-state index contributed by atoms with van der Waals surface area (Å²) < 4.78 is 13.9. The van der Waals surface area contributed by atoms with Crippen molar-refractivity contribution < 1.29 is 35.8 Å². The molecule has 0 radical (unpaired) electrons. The summed E-state index contributed by atoms with van der Waals surface area (Å²) in [5, 5.41) is 2.79. The van der Waals surface area contributed by atoms with Gasteiger partial charge in [-0.15, -0.1) is 0 Å². The molecule has 1 heterocycles. The van der Waals surface area contributed by atoms with Crippen LogP contribution in [0, 0.1) is 6.92 Å². The highest BCUT2D eigenvalue weighted by molar-refractivity contribution is 7.09. The number of hydrogen-bond donors (Lipinski definition) is 1. The molecule has 3 rings (SSSR count). The van der Waals surface area contributed by atoms with Crippen LogP contribution >= 0.6 is 11.3 Å². The number of aryl methyl sites for hydroxylation is 1. The quantitative estimate of drug-likeness (QED) is 0.121. The summed E-state index contributed by atoms with van der Waals surface area (Å²) in [5.74, 6) is 1.45. The average molecular weight is 675 g/mol. The minimum Gasteiger partial charge on any atom is -1.00 e. The number of anilines is 1. The van der Waals surface area contributed by atoms with Crippen molar-refractivity contribution in [1.29, 1.82) is 0 Å². The zero-order valence-corrected chi connectivity index (χ0v) is 29.1. The molecule has 0 saturated heterocycles. The Kier molecular flexibility index (Phi) is 18.0. The second-order valence-electron chi connectivity index (χ2n) is 11.2. The Morgan fingerprint density at radius 3 is 2.02 bits per heavy atom. The second-order valence-corrected chi connectivity index (χ2v) is 12.3. The lowest BCUT2D eigenvalue weighted by Gasteiger charge is -2.23. The van der Waals surface area contributed by atoms with Crippen molar-refractivity contribution in [3.63, 3.8) is 0 Å². The molecule has 0 unspecified atom stereocenters. The molecule has 2 amide bonds. The third kappa shape index (κ3) is 13.3. The molecule has 238 valence electrons. The topological polar surface area (TPSA) is 54.7 Å². The van der Waals surface area contributed by atoms with Gasteiger partial charge in [0.1, 0.15) is 0 Å². The fourth-order valence-corrected chi connectivity index (χ4v) is 5.81. The van der Waals surface area contributed by atoms with E-state index in [1.807, 2.05) is 30.3 Å². The number of amides is 2. The highest BCUT2D eigenvalue weighted by atomic mass is 79.9. The van der Waals surface area contributed by atoms with Crippen molar-refractivity contribution in [2.45, 2.75) is 104 Å². The van der Waals surface area contributed by atoms with Crippen molar-refractivity contribution in [3.8, 4) is 11.5 Å². The predicted octanol–water partition coefficient (Wildman–Crippen LogP) is 5.83. The molecule has 0 bridgehead atoms. The van der Waals surface area contributed by atoms with E-state index in [0.29, 0.717) is 13.2 Å². The number of benzene rings is 2. The van der Waals surface area contributed by atoms with Crippen LogP contribution in [-0.4, -0.2) is 26.8 Å². The molecule has 0 aliphatic carbocycles. The standard InChI is InChI=1S/C35H51N3O3S.BrH/c1-5-6-7-8-9-10-11-12-13-14-15-16-23-41-34-24-31(19-22-33(34)40-4)27-38(35(39)36-3)32-20-17-30(18-21-32)26-37-25-29(2)42-28-37;/h17-22,24-25,28H,5-16,23,26-27H2,1-4H3;1H. The SMILES string of the molecule is CCCCCCCCCCCCCCOc1cc(CN(C(=O)NC)c2ccc(C[n+]3csc(C)c3)cc2)ccc1OC.[Br-]. The molecule has 0 aliphatic rings. The first kappa shape index (κ1) is 36.6. The van der Waals surface area contributed by atoms with Crippen LogP contribution in [0.15, 0.2) is 54.2 Å². The van der Waals surface area contributed by atoms with Crippen molar-refractivity contribution in [2.75, 3.05) is 25.7 Å². The van der Waals surface area contributed by atoms with E-state index in [-0.39, 0.29) is 23.0 Å². The monoisotopic (exact) mass is 673 g/mol. The van der Waals surface area contributed by atoms with Gasteiger partial charge in [0.2, 0.25) is 5.51 Å². The largest absolute Gasteiger partial charge is 1.00 e. The lowest BCUT2D eigenvalue weighted by atomic mass is 10.1. The van der Waals surface area contributed by atoms with Gasteiger partial charge < -0.3 is 31.8 Å². The van der Waals surface area contributed by atoms with Crippen molar-refractivity contribution in [2.24, 2.45) is 0 Å². The number of carbonyl (C=O) groups excluding carboxylic acids is 1. The van der Waals surface area contributed by atoms with Gasteiger partial charge in [-0.3, -0.25) is 4.90 Å². The van der Waals surface area contributed by atoms with Crippen molar-refractivity contribution >= 4 is 23.1 Å². The minimum absolute atomic E-state index is 0. The van der Waals surface area contributed by atoms with E-state index in [0.717, 1.165) is 35.7 Å². The molecule has 0 aliphatic heterocycles. The Labute approximate surface area is 274 Å². The van der Waals surface area contributed by atoms with Crippen molar-refractivity contribution in [3.05, 3.63) is 70.2 Å². The molecule has 3 aromatic rings. The maximum atomic E-state index is 12.9. The van der Waals surface area contributed by atoms with E-state index < -0.39 is 0 Å². The summed E-state index contributed by atoms with van der Waals surface area (Å²) in [6.45, 7) is 6.29. The summed E-state index contributed by atoms with van der Waals surface area (Å²) in [6, 6.07) is 14.0. The van der Waals surface area contributed by atoms with Gasteiger partial charge in [-0.1, -0.05) is 107 Å². The van der Waals surface area contributed by atoms with Gasteiger partial charge in [-0.2, -0.15) is 4.57 Å². The first-order valence-corrected chi connectivity index (χ1v) is 16.7. The van der Waals surface area contributed by atoms with E-state index in [1.165, 1.54) is 81.1 Å². The van der Waals surface area contributed by atoms with E-state index >= 15 is 0 Å². The third-order valence-electron chi connectivity index (χ3n) is 7.62. The number of halogens is 1. The maximum Gasteiger partial charge on any atom is 0.321 e. The molecular weight excluding hydrogens is 622 g/mol. The van der Waals surface area contributed by atoms with E-state index in [1.54, 1.807) is 30.4 Å². The lowest BCUT2D eigenvalue weighted by molar-refractivity contribution is -0.683. The first-order valence-electron chi connectivity index (χ1n) is 15.9. The van der Waals surface area contributed by atoms with Crippen LogP contribution < -0.4 is 41.2 Å². The molecule has 8 heteroatoms. The van der Waals surface area contributed by atoms with E-state index in [9.17, 15) is 4.79 Å². The van der Waals surface area contributed by atoms with Gasteiger partial charge in [0.15, 0.2) is 24.2 Å². The van der Waals surface area contributed by atoms with E-state index in [4.69, 9.17) is 9.47 Å². The zero-order valence-electron chi connectivity index (χ0n) is 26.7.